The van der Waals surface area contributed by atoms with Crippen molar-refractivity contribution >= 4 is 23.2 Å². The molecular formula is C22H29N3O6. The van der Waals surface area contributed by atoms with Gasteiger partial charge in [0.15, 0.2) is 5.78 Å². The minimum Gasteiger partial charge on any atom is -0.460 e. The lowest BCUT2D eigenvalue weighted by molar-refractivity contribution is -0.384. The molecule has 0 unspecified atom stereocenters. The fraction of sp³-hybridized carbons (Fsp3) is 0.500. The summed E-state index contributed by atoms with van der Waals surface area (Å²) in [5.41, 5.74) is 0.826. The minimum absolute atomic E-state index is 0.0482. The van der Waals surface area contributed by atoms with Gasteiger partial charge >= 0.3 is 5.97 Å². The van der Waals surface area contributed by atoms with Crippen LogP contribution in [0.3, 0.4) is 0 Å². The van der Waals surface area contributed by atoms with E-state index in [0.29, 0.717) is 18.7 Å². The highest BCUT2D eigenvalue weighted by atomic mass is 16.6. The Hall–Kier alpha value is -3.23. The number of ether oxygens (including phenoxy) is 1. The Morgan fingerprint density at radius 1 is 1.00 bits per heavy atom. The predicted octanol–water partition coefficient (Wildman–Crippen LogP) is 3.68. The molecule has 2 aromatic heterocycles. The molecule has 168 valence electrons. The van der Waals surface area contributed by atoms with Gasteiger partial charge in [0, 0.05) is 31.8 Å². The van der Waals surface area contributed by atoms with E-state index in [1.54, 1.807) is 22.3 Å². The van der Waals surface area contributed by atoms with Crippen LogP contribution >= 0.6 is 0 Å². The van der Waals surface area contributed by atoms with Crippen LogP contribution in [0.4, 0.5) is 5.69 Å². The number of hydrogen-bond acceptors (Lipinski definition) is 6. The molecule has 0 bridgehead atoms. The summed E-state index contributed by atoms with van der Waals surface area (Å²) in [5, 5.41) is 11.2. The lowest BCUT2D eigenvalue weighted by Crippen LogP contribution is -2.21. The Morgan fingerprint density at radius 2 is 1.58 bits per heavy atom. The maximum absolute atomic E-state index is 13.0. The highest BCUT2D eigenvalue weighted by Crippen LogP contribution is 2.21. The highest BCUT2D eigenvalue weighted by molar-refractivity contribution is 6.40. The number of Topliss-reactive ketones (excluding diaryl/α,β-unsaturated/α-hetero) is 2. The van der Waals surface area contributed by atoms with Crippen LogP contribution in [0.2, 0.25) is 0 Å². The van der Waals surface area contributed by atoms with Crippen LogP contribution in [0.25, 0.3) is 0 Å². The number of hydrogen-bond donors (Lipinski definition) is 0. The lowest BCUT2D eigenvalue weighted by atomic mass is 10.1. The molecule has 0 saturated heterocycles. The average Bonchev–Trinajstić information content (AvgIpc) is 3.24. The second-order valence-electron chi connectivity index (χ2n) is 8.32. The maximum atomic E-state index is 13.0. The van der Waals surface area contributed by atoms with E-state index < -0.39 is 16.7 Å². The zero-order valence-corrected chi connectivity index (χ0v) is 18.6. The van der Waals surface area contributed by atoms with Crippen molar-refractivity contribution in [2.45, 2.75) is 54.1 Å². The number of nitro groups is 1. The van der Waals surface area contributed by atoms with Crippen LogP contribution < -0.4 is 0 Å². The topological polar surface area (TPSA) is 113 Å². The van der Waals surface area contributed by atoms with Gasteiger partial charge in [-0.15, -0.1) is 0 Å². The second-order valence-corrected chi connectivity index (χ2v) is 8.32. The van der Waals surface area contributed by atoms with Crippen molar-refractivity contribution in [3.63, 3.8) is 0 Å². The first-order valence-electron chi connectivity index (χ1n) is 10.3. The molecule has 9 nitrogen and oxygen atoms in total. The zero-order valence-electron chi connectivity index (χ0n) is 18.6. The molecule has 0 atom stereocenters. The van der Waals surface area contributed by atoms with Crippen molar-refractivity contribution in [2.24, 2.45) is 11.8 Å². The van der Waals surface area contributed by atoms with E-state index in [-0.39, 0.29) is 47.7 Å². The number of nitrogens with zero attached hydrogens (tertiary/aromatic N) is 3. The van der Waals surface area contributed by atoms with Crippen molar-refractivity contribution in [1.29, 1.82) is 0 Å². The first-order valence-corrected chi connectivity index (χ1v) is 10.3. The Labute approximate surface area is 181 Å². The standard InChI is InChI=1S/C22H29N3O6/c1-6-31-22(28)21(27)19-7-16(12-23(19)10-14(2)3)8-20(26)18-9-17(25(29)30)13-24(18)11-15(4)5/h7,9,12-15H,6,8,10-11H2,1-5H3. The molecule has 9 heteroatoms. The van der Waals surface area contributed by atoms with Crippen LogP contribution in [-0.2, 0) is 29.0 Å². The summed E-state index contributed by atoms with van der Waals surface area (Å²) in [6.07, 6.45) is 2.99. The first-order chi connectivity index (χ1) is 14.5. The van der Waals surface area contributed by atoms with Crippen LogP contribution in [-0.4, -0.2) is 38.2 Å². The van der Waals surface area contributed by atoms with E-state index >= 15 is 0 Å². The SMILES string of the molecule is CCOC(=O)C(=O)c1cc(CC(=O)c2cc([N+](=O)[O-])cn2CC(C)C)cn1CC(C)C. The fourth-order valence-electron chi connectivity index (χ4n) is 3.35. The molecule has 0 radical (unpaired) electrons. The van der Waals surface area contributed by atoms with Gasteiger partial charge in [0.05, 0.1) is 29.1 Å². The molecule has 2 heterocycles. The molecular weight excluding hydrogens is 402 g/mol. The van der Waals surface area contributed by atoms with Crippen molar-refractivity contribution in [3.8, 4) is 0 Å². The second kappa shape index (κ2) is 10.2. The summed E-state index contributed by atoms with van der Waals surface area (Å²) in [7, 11) is 0. The van der Waals surface area contributed by atoms with E-state index in [2.05, 4.69) is 0 Å². The average molecular weight is 431 g/mol. The van der Waals surface area contributed by atoms with Gasteiger partial charge in [0.25, 0.3) is 11.5 Å². The molecule has 2 rings (SSSR count). The number of esters is 1. The van der Waals surface area contributed by atoms with E-state index in [4.69, 9.17) is 4.74 Å². The normalized spacial score (nSPS) is 11.2. The third-order valence-corrected chi connectivity index (χ3v) is 4.51. The molecule has 0 saturated carbocycles. The van der Waals surface area contributed by atoms with E-state index in [1.165, 1.54) is 18.3 Å². The molecule has 0 aliphatic carbocycles. The molecule has 0 N–H and O–H groups in total. The Bertz CT molecular complexity index is 984. The van der Waals surface area contributed by atoms with Crippen LogP contribution in [0.1, 0.15) is 61.2 Å². The Morgan fingerprint density at radius 3 is 2.10 bits per heavy atom. The number of carbonyl (C=O) groups is 3. The first kappa shape index (κ1) is 24.0. The molecule has 0 aromatic carbocycles. The fourth-order valence-corrected chi connectivity index (χ4v) is 3.35. The maximum Gasteiger partial charge on any atom is 0.381 e. The number of carbonyl (C=O) groups excluding carboxylic acids is 3. The smallest absolute Gasteiger partial charge is 0.381 e. The van der Waals surface area contributed by atoms with Crippen molar-refractivity contribution in [1.82, 2.24) is 9.13 Å². The molecule has 0 fully saturated rings. The summed E-state index contributed by atoms with van der Waals surface area (Å²) in [6, 6.07) is 2.80. The van der Waals surface area contributed by atoms with Gasteiger partial charge in [0.2, 0.25) is 0 Å². The Balaban J connectivity index is 2.35. The summed E-state index contributed by atoms with van der Waals surface area (Å²) in [5.74, 6) is -1.61. The van der Waals surface area contributed by atoms with Gasteiger partial charge in [0.1, 0.15) is 0 Å². The monoisotopic (exact) mass is 431 g/mol. The molecule has 0 amide bonds. The third kappa shape index (κ3) is 6.13. The lowest BCUT2D eigenvalue weighted by Gasteiger charge is -2.10. The van der Waals surface area contributed by atoms with Gasteiger partial charge in [-0.3, -0.25) is 19.7 Å². The molecule has 2 aromatic rings. The number of rotatable bonds is 11. The van der Waals surface area contributed by atoms with Gasteiger partial charge < -0.3 is 13.9 Å². The van der Waals surface area contributed by atoms with Gasteiger partial charge in [-0.1, -0.05) is 27.7 Å². The Kier molecular flexibility index (Phi) is 7.90. The highest BCUT2D eigenvalue weighted by Gasteiger charge is 2.25. The van der Waals surface area contributed by atoms with Crippen LogP contribution in [0.15, 0.2) is 24.5 Å². The van der Waals surface area contributed by atoms with E-state index in [1.807, 2.05) is 27.7 Å². The summed E-state index contributed by atoms with van der Waals surface area (Å²) >= 11 is 0. The van der Waals surface area contributed by atoms with Crippen molar-refractivity contribution in [2.75, 3.05) is 6.61 Å². The molecule has 0 spiro atoms. The van der Waals surface area contributed by atoms with E-state index in [0.717, 1.165) is 0 Å². The molecule has 31 heavy (non-hydrogen) atoms. The zero-order chi connectivity index (χ0) is 23.3. The molecule has 0 aliphatic heterocycles. The van der Waals surface area contributed by atoms with Gasteiger partial charge in [-0.2, -0.15) is 0 Å². The predicted molar refractivity (Wildman–Crippen MR) is 114 cm³/mol. The molecule has 0 aliphatic rings. The summed E-state index contributed by atoms with van der Waals surface area (Å²) in [6.45, 7) is 10.5. The quantitative estimate of drug-likeness (QED) is 0.176. The third-order valence-electron chi connectivity index (χ3n) is 4.51. The van der Waals surface area contributed by atoms with Crippen molar-refractivity contribution < 1.29 is 24.0 Å². The van der Waals surface area contributed by atoms with E-state index in [9.17, 15) is 24.5 Å². The van der Waals surface area contributed by atoms with Gasteiger partial charge in [-0.25, -0.2) is 4.79 Å². The largest absolute Gasteiger partial charge is 0.460 e. The minimum atomic E-state index is -0.940. The van der Waals surface area contributed by atoms with Crippen molar-refractivity contribution in [3.05, 3.63) is 51.6 Å². The van der Waals surface area contributed by atoms with Crippen LogP contribution in [0, 0.1) is 22.0 Å². The number of aromatic nitrogens is 2. The van der Waals surface area contributed by atoms with Crippen LogP contribution in [0.5, 0.6) is 0 Å². The van der Waals surface area contributed by atoms with Gasteiger partial charge in [-0.05, 0) is 30.4 Å². The summed E-state index contributed by atoms with van der Waals surface area (Å²) < 4.78 is 8.07. The number of ketones is 2. The summed E-state index contributed by atoms with van der Waals surface area (Å²) in [4.78, 5) is 48.0.